The first-order valence-electron chi connectivity index (χ1n) is 7.84. The molecule has 0 aliphatic carbocycles. The molecule has 24 heavy (non-hydrogen) atoms. The predicted octanol–water partition coefficient (Wildman–Crippen LogP) is 2.64. The molecule has 0 saturated heterocycles. The normalized spacial score (nSPS) is 10.5. The standard InChI is InChI=1S/C19H19N3O2/c1-13-7-8-16-15(11-13)12-17(22-16)19(24)21-10-9-20-18(23)14-5-3-2-4-6-14/h2-8,11-12,22H,9-10H2,1H3,(H,20,23)(H,21,24). The Balaban J connectivity index is 1.51. The van der Waals surface area contributed by atoms with Crippen molar-refractivity contribution < 1.29 is 9.59 Å². The quantitative estimate of drug-likeness (QED) is 0.632. The summed E-state index contributed by atoms with van der Waals surface area (Å²) in [4.78, 5) is 27.1. The van der Waals surface area contributed by atoms with Gasteiger partial charge < -0.3 is 15.6 Å². The van der Waals surface area contributed by atoms with Crippen LogP contribution in [-0.4, -0.2) is 29.9 Å². The summed E-state index contributed by atoms with van der Waals surface area (Å²) in [6.45, 7) is 2.76. The summed E-state index contributed by atoms with van der Waals surface area (Å²) in [5.41, 5.74) is 3.21. The molecule has 0 spiro atoms. The van der Waals surface area contributed by atoms with Gasteiger partial charge in [-0.1, -0.05) is 29.8 Å². The van der Waals surface area contributed by atoms with Gasteiger partial charge in [-0.25, -0.2) is 0 Å². The van der Waals surface area contributed by atoms with E-state index in [4.69, 9.17) is 0 Å². The number of fused-ring (bicyclic) bond motifs is 1. The lowest BCUT2D eigenvalue weighted by Crippen LogP contribution is -2.34. The van der Waals surface area contributed by atoms with Crippen molar-refractivity contribution in [2.45, 2.75) is 6.92 Å². The third-order valence-corrected chi connectivity index (χ3v) is 3.75. The van der Waals surface area contributed by atoms with Crippen LogP contribution in [0.4, 0.5) is 0 Å². The lowest BCUT2D eigenvalue weighted by atomic mass is 10.2. The van der Waals surface area contributed by atoms with E-state index in [1.165, 1.54) is 0 Å². The Kier molecular flexibility index (Phi) is 4.61. The van der Waals surface area contributed by atoms with Crippen LogP contribution >= 0.6 is 0 Å². The second-order valence-electron chi connectivity index (χ2n) is 5.65. The topological polar surface area (TPSA) is 74.0 Å². The second kappa shape index (κ2) is 7.00. The largest absolute Gasteiger partial charge is 0.351 e. The molecule has 3 aromatic rings. The molecule has 0 aliphatic rings. The van der Waals surface area contributed by atoms with Crippen LogP contribution in [0, 0.1) is 6.92 Å². The van der Waals surface area contributed by atoms with E-state index in [-0.39, 0.29) is 11.8 Å². The average Bonchev–Trinajstić information content (AvgIpc) is 3.02. The Morgan fingerprint density at radius 3 is 2.38 bits per heavy atom. The van der Waals surface area contributed by atoms with Gasteiger partial charge in [0, 0.05) is 29.6 Å². The maximum Gasteiger partial charge on any atom is 0.267 e. The van der Waals surface area contributed by atoms with E-state index in [1.807, 2.05) is 49.4 Å². The first kappa shape index (κ1) is 15.8. The predicted molar refractivity (Wildman–Crippen MR) is 94.1 cm³/mol. The highest BCUT2D eigenvalue weighted by atomic mass is 16.2. The zero-order chi connectivity index (χ0) is 16.9. The summed E-state index contributed by atoms with van der Waals surface area (Å²) in [7, 11) is 0. The maximum absolute atomic E-state index is 12.2. The number of H-pyrrole nitrogens is 1. The monoisotopic (exact) mass is 321 g/mol. The molecule has 0 unspecified atom stereocenters. The van der Waals surface area contributed by atoms with E-state index in [0.717, 1.165) is 16.5 Å². The van der Waals surface area contributed by atoms with E-state index in [2.05, 4.69) is 15.6 Å². The van der Waals surface area contributed by atoms with Gasteiger partial charge in [-0.3, -0.25) is 9.59 Å². The van der Waals surface area contributed by atoms with Gasteiger partial charge in [0.25, 0.3) is 11.8 Å². The van der Waals surface area contributed by atoms with E-state index in [0.29, 0.717) is 24.3 Å². The van der Waals surface area contributed by atoms with Crippen LogP contribution in [-0.2, 0) is 0 Å². The van der Waals surface area contributed by atoms with Crippen LogP contribution in [0.2, 0.25) is 0 Å². The minimum absolute atomic E-state index is 0.147. The molecule has 1 heterocycles. The molecule has 0 saturated carbocycles. The highest BCUT2D eigenvalue weighted by Gasteiger charge is 2.09. The fourth-order valence-electron chi connectivity index (χ4n) is 2.51. The lowest BCUT2D eigenvalue weighted by Gasteiger charge is -2.06. The number of aromatic nitrogens is 1. The highest BCUT2D eigenvalue weighted by Crippen LogP contribution is 2.16. The first-order valence-corrected chi connectivity index (χ1v) is 7.84. The lowest BCUT2D eigenvalue weighted by molar-refractivity contribution is 0.0925. The number of aromatic amines is 1. The molecule has 122 valence electrons. The molecule has 0 radical (unpaired) electrons. The molecule has 2 amide bonds. The molecule has 2 aromatic carbocycles. The van der Waals surface area contributed by atoms with Crippen molar-refractivity contribution in [3.63, 3.8) is 0 Å². The minimum atomic E-state index is -0.183. The molecule has 0 atom stereocenters. The summed E-state index contributed by atoms with van der Waals surface area (Å²) in [6.07, 6.45) is 0. The fraction of sp³-hybridized carbons (Fsp3) is 0.158. The number of nitrogens with one attached hydrogen (secondary N) is 3. The molecule has 5 heteroatoms. The van der Waals surface area contributed by atoms with Crippen molar-refractivity contribution in [2.24, 2.45) is 0 Å². The summed E-state index contributed by atoms with van der Waals surface area (Å²) in [6, 6.07) is 16.8. The highest BCUT2D eigenvalue weighted by molar-refractivity contribution is 5.98. The molecular weight excluding hydrogens is 302 g/mol. The van der Waals surface area contributed by atoms with Crippen LogP contribution in [0.25, 0.3) is 10.9 Å². The maximum atomic E-state index is 12.2. The van der Waals surface area contributed by atoms with Gasteiger partial charge in [0.05, 0.1) is 0 Å². The smallest absolute Gasteiger partial charge is 0.267 e. The molecule has 3 rings (SSSR count). The van der Waals surface area contributed by atoms with Crippen LogP contribution < -0.4 is 10.6 Å². The Labute approximate surface area is 140 Å². The van der Waals surface area contributed by atoms with E-state index >= 15 is 0 Å². The van der Waals surface area contributed by atoms with Gasteiger partial charge in [0.15, 0.2) is 0 Å². The number of amides is 2. The van der Waals surface area contributed by atoms with E-state index in [9.17, 15) is 9.59 Å². The Morgan fingerprint density at radius 2 is 1.62 bits per heavy atom. The summed E-state index contributed by atoms with van der Waals surface area (Å²) in [5, 5.41) is 6.58. The van der Waals surface area contributed by atoms with Crippen LogP contribution in [0.5, 0.6) is 0 Å². The number of carbonyl (C=O) groups is 2. The van der Waals surface area contributed by atoms with Gasteiger partial charge in [0.2, 0.25) is 0 Å². The zero-order valence-corrected chi connectivity index (χ0v) is 13.4. The summed E-state index contributed by atoms with van der Waals surface area (Å²) in [5.74, 6) is -0.330. The molecule has 0 aliphatic heterocycles. The first-order chi connectivity index (χ1) is 11.6. The minimum Gasteiger partial charge on any atom is -0.351 e. The number of carbonyl (C=O) groups excluding carboxylic acids is 2. The van der Waals surface area contributed by atoms with Crippen LogP contribution in [0.1, 0.15) is 26.4 Å². The molecule has 3 N–H and O–H groups in total. The zero-order valence-electron chi connectivity index (χ0n) is 13.4. The SMILES string of the molecule is Cc1ccc2[nH]c(C(=O)NCCNC(=O)c3ccccc3)cc2c1. The summed E-state index contributed by atoms with van der Waals surface area (Å²) < 4.78 is 0. The molecule has 0 bridgehead atoms. The third kappa shape index (κ3) is 3.63. The van der Waals surface area contributed by atoms with Crippen molar-refractivity contribution in [1.29, 1.82) is 0 Å². The molecule has 0 fully saturated rings. The van der Waals surface area contributed by atoms with Crippen molar-refractivity contribution >= 4 is 22.7 Å². The van der Waals surface area contributed by atoms with Crippen molar-refractivity contribution in [3.8, 4) is 0 Å². The van der Waals surface area contributed by atoms with Crippen LogP contribution in [0.15, 0.2) is 54.6 Å². The number of rotatable bonds is 5. The van der Waals surface area contributed by atoms with E-state index < -0.39 is 0 Å². The van der Waals surface area contributed by atoms with Gasteiger partial charge >= 0.3 is 0 Å². The van der Waals surface area contributed by atoms with Gasteiger partial charge in [-0.05, 0) is 37.3 Å². The molecule has 1 aromatic heterocycles. The van der Waals surface area contributed by atoms with Gasteiger partial charge in [-0.15, -0.1) is 0 Å². The fourth-order valence-corrected chi connectivity index (χ4v) is 2.51. The Morgan fingerprint density at radius 1 is 0.917 bits per heavy atom. The number of hydrogen-bond donors (Lipinski definition) is 3. The van der Waals surface area contributed by atoms with Gasteiger partial charge in [-0.2, -0.15) is 0 Å². The Hall–Kier alpha value is -3.08. The second-order valence-corrected chi connectivity index (χ2v) is 5.65. The molecular formula is C19H19N3O2. The molecule has 5 nitrogen and oxygen atoms in total. The summed E-state index contributed by atoms with van der Waals surface area (Å²) >= 11 is 0. The van der Waals surface area contributed by atoms with Crippen LogP contribution in [0.3, 0.4) is 0 Å². The van der Waals surface area contributed by atoms with Gasteiger partial charge in [0.1, 0.15) is 5.69 Å². The third-order valence-electron chi connectivity index (χ3n) is 3.75. The van der Waals surface area contributed by atoms with Crippen molar-refractivity contribution in [3.05, 3.63) is 71.4 Å². The number of benzene rings is 2. The Bertz CT molecular complexity index is 869. The van der Waals surface area contributed by atoms with E-state index in [1.54, 1.807) is 12.1 Å². The van der Waals surface area contributed by atoms with Crippen molar-refractivity contribution in [1.82, 2.24) is 15.6 Å². The van der Waals surface area contributed by atoms with Crippen molar-refractivity contribution in [2.75, 3.05) is 13.1 Å². The number of aryl methyl sites for hydroxylation is 1. The number of hydrogen-bond acceptors (Lipinski definition) is 2. The average molecular weight is 321 g/mol.